The Morgan fingerprint density at radius 3 is 2.96 bits per heavy atom. The number of pyridine rings is 2. The molecule has 0 saturated carbocycles. The number of imidazole rings is 1. The molecule has 0 bridgehead atoms. The van der Waals surface area contributed by atoms with Crippen molar-refractivity contribution >= 4 is 5.65 Å². The minimum absolute atomic E-state index is 0.694. The van der Waals surface area contributed by atoms with E-state index in [1.165, 1.54) is 0 Å². The van der Waals surface area contributed by atoms with Gasteiger partial charge in [-0.1, -0.05) is 13.0 Å². The Kier molecular flexibility index (Phi) is 4.45. The van der Waals surface area contributed by atoms with Gasteiger partial charge in [0.15, 0.2) is 5.65 Å². The van der Waals surface area contributed by atoms with E-state index in [2.05, 4.69) is 32.3 Å². The third-order valence-corrected chi connectivity index (χ3v) is 4.17. The number of rotatable bonds is 6. The molecule has 4 aromatic heterocycles. The van der Waals surface area contributed by atoms with Crippen molar-refractivity contribution in [2.75, 3.05) is 6.54 Å². The maximum absolute atomic E-state index is 4.83. The van der Waals surface area contributed by atoms with Crippen molar-refractivity contribution in [2.45, 2.75) is 26.8 Å². The van der Waals surface area contributed by atoms with Crippen molar-refractivity contribution in [3.05, 3.63) is 54.4 Å². The lowest BCUT2D eigenvalue weighted by Gasteiger charge is -2.04. The second-order valence-electron chi connectivity index (χ2n) is 6.23. The molecule has 4 aromatic rings. The summed E-state index contributed by atoms with van der Waals surface area (Å²) in [7, 11) is 0. The zero-order chi connectivity index (χ0) is 17.9. The second kappa shape index (κ2) is 7.05. The highest BCUT2D eigenvalue weighted by Crippen LogP contribution is 2.29. The molecule has 2 N–H and O–H groups in total. The van der Waals surface area contributed by atoms with Crippen molar-refractivity contribution < 1.29 is 0 Å². The van der Waals surface area contributed by atoms with Gasteiger partial charge in [0.1, 0.15) is 12.2 Å². The highest BCUT2D eigenvalue weighted by atomic mass is 15.3. The van der Waals surface area contributed by atoms with E-state index in [0.717, 1.165) is 52.8 Å². The minimum Gasteiger partial charge on any atom is -0.339 e. The third-order valence-electron chi connectivity index (χ3n) is 4.17. The molecular weight excluding hydrogens is 326 g/mol. The Balaban J connectivity index is 1.80. The molecule has 4 rings (SSSR count). The third kappa shape index (κ3) is 3.21. The summed E-state index contributed by atoms with van der Waals surface area (Å²) in [6, 6.07) is 10.00. The average molecular weight is 347 g/mol. The number of nitrogens with one attached hydrogen (secondary N) is 2. The first-order valence-corrected chi connectivity index (χ1v) is 8.78. The van der Waals surface area contributed by atoms with E-state index < -0.39 is 0 Å². The van der Waals surface area contributed by atoms with Crippen LogP contribution in [0.4, 0.5) is 0 Å². The highest BCUT2D eigenvalue weighted by Gasteiger charge is 2.16. The number of H-pyrrole nitrogens is 1. The highest BCUT2D eigenvalue weighted by molar-refractivity contribution is 5.78. The van der Waals surface area contributed by atoms with Gasteiger partial charge in [0.2, 0.25) is 0 Å². The molecule has 0 unspecified atom stereocenters. The van der Waals surface area contributed by atoms with Gasteiger partial charge in [0, 0.05) is 17.5 Å². The molecule has 0 aliphatic carbocycles. The fourth-order valence-corrected chi connectivity index (χ4v) is 2.93. The summed E-state index contributed by atoms with van der Waals surface area (Å²) in [6.07, 6.45) is 4.53. The predicted octanol–water partition coefficient (Wildman–Crippen LogP) is 2.99. The Morgan fingerprint density at radius 2 is 2.12 bits per heavy atom. The van der Waals surface area contributed by atoms with Crippen molar-refractivity contribution in [1.82, 2.24) is 34.9 Å². The largest absolute Gasteiger partial charge is 0.339 e. The van der Waals surface area contributed by atoms with Gasteiger partial charge >= 0.3 is 0 Å². The van der Waals surface area contributed by atoms with Crippen molar-refractivity contribution in [3.8, 4) is 22.6 Å². The van der Waals surface area contributed by atoms with Gasteiger partial charge in [-0.15, -0.1) is 0 Å². The van der Waals surface area contributed by atoms with Crippen LogP contribution in [-0.4, -0.2) is 36.1 Å². The fraction of sp³-hybridized carbons (Fsp3) is 0.263. The number of aromatic nitrogens is 6. The van der Waals surface area contributed by atoms with Crippen LogP contribution < -0.4 is 5.32 Å². The summed E-state index contributed by atoms with van der Waals surface area (Å²) < 4.78 is 1.74. The Labute approximate surface area is 151 Å². The van der Waals surface area contributed by atoms with E-state index in [0.29, 0.717) is 6.54 Å². The summed E-state index contributed by atoms with van der Waals surface area (Å²) in [4.78, 5) is 17.2. The smallest absolute Gasteiger partial charge is 0.155 e. The van der Waals surface area contributed by atoms with Gasteiger partial charge in [-0.3, -0.25) is 4.98 Å². The molecule has 0 amide bonds. The molecule has 0 spiro atoms. The first-order chi connectivity index (χ1) is 12.7. The molecule has 132 valence electrons. The number of nitrogens with zero attached hydrogens (tertiary/aromatic N) is 5. The molecule has 0 radical (unpaired) electrons. The first-order valence-electron chi connectivity index (χ1n) is 8.78. The predicted molar refractivity (Wildman–Crippen MR) is 101 cm³/mol. The van der Waals surface area contributed by atoms with E-state index in [4.69, 9.17) is 4.98 Å². The molecule has 0 aromatic carbocycles. The lowest BCUT2D eigenvalue weighted by molar-refractivity contribution is 0.655. The molecule has 0 aliphatic heterocycles. The van der Waals surface area contributed by atoms with Crippen LogP contribution in [0, 0.1) is 6.92 Å². The monoisotopic (exact) mass is 347 g/mol. The fourth-order valence-electron chi connectivity index (χ4n) is 2.93. The summed E-state index contributed by atoms with van der Waals surface area (Å²) >= 11 is 0. The van der Waals surface area contributed by atoms with Crippen LogP contribution in [-0.2, 0) is 6.54 Å². The van der Waals surface area contributed by atoms with E-state index in [-0.39, 0.29) is 0 Å². The Hall–Kier alpha value is -3.06. The number of hydrogen-bond donors (Lipinski definition) is 2. The molecular formula is C19H21N7. The summed E-state index contributed by atoms with van der Waals surface area (Å²) in [5.41, 5.74) is 5.44. The Morgan fingerprint density at radius 1 is 1.19 bits per heavy atom. The second-order valence-corrected chi connectivity index (χ2v) is 6.23. The lowest BCUT2D eigenvalue weighted by atomic mass is 10.1. The minimum atomic E-state index is 0.694. The SMILES string of the molecule is CCCNCc1nc(-c2ccn3ncnc3c2)c(-c2cccc(C)n2)[nH]1. The van der Waals surface area contributed by atoms with Gasteiger partial charge in [-0.2, -0.15) is 5.10 Å². The van der Waals surface area contributed by atoms with Crippen molar-refractivity contribution in [2.24, 2.45) is 0 Å². The molecule has 0 aliphatic rings. The van der Waals surface area contributed by atoms with Gasteiger partial charge in [0.05, 0.1) is 23.6 Å². The molecule has 0 saturated heterocycles. The van der Waals surface area contributed by atoms with Crippen LogP contribution in [0.15, 0.2) is 42.9 Å². The zero-order valence-electron chi connectivity index (χ0n) is 14.9. The topological polar surface area (TPSA) is 83.8 Å². The summed E-state index contributed by atoms with van der Waals surface area (Å²) in [5.74, 6) is 0.896. The molecule has 7 heteroatoms. The van der Waals surface area contributed by atoms with Crippen LogP contribution in [0.25, 0.3) is 28.3 Å². The van der Waals surface area contributed by atoms with Gasteiger partial charge < -0.3 is 10.3 Å². The lowest BCUT2D eigenvalue weighted by Crippen LogP contribution is -2.14. The van der Waals surface area contributed by atoms with Crippen LogP contribution in [0.1, 0.15) is 24.9 Å². The summed E-state index contributed by atoms with van der Waals surface area (Å²) in [5, 5.41) is 7.55. The number of aryl methyl sites for hydroxylation is 1. The van der Waals surface area contributed by atoms with Crippen molar-refractivity contribution in [1.29, 1.82) is 0 Å². The maximum Gasteiger partial charge on any atom is 0.155 e. The molecule has 7 nitrogen and oxygen atoms in total. The van der Waals surface area contributed by atoms with Crippen LogP contribution >= 0.6 is 0 Å². The molecule has 26 heavy (non-hydrogen) atoms. The van der Waals surface area contributed by atoms with Crippen LogP contribution in [0.3, 0.4) is 0 Å². The number of aromatic amines is 1. The number of hydrogen-bond acceptors (Lipinski definition) is 5. The van der Waals surface area contributed by atoms with Gasteiger partial charge in [-0.05, 0) is 44.2 Å². The van der Waals surface area contributed by atoms with Crippen LogP contribution in [0.5, 0.6) is 0 Å². The van der Waals surface area contributed by atoms with Crippen molar-refractivity contribution in [3.63, 3.8) is 0 Å². The zero-order valence-corrected chi connectivity index (χ0v) is 14.9. The van der Waals surface area contributed by atoms with E-state index in [1.54, 1.807) is 10.8 Å². The van der Waals surface area contributed by atoms with E-state index >= 15 is 0 Å². The first kappa shape index (κ1) is 16.4. The molecule has 4 heterocycles. The Bertz CT molecular complexity index is 1030. The quantitative estimate of drug-likeness (QED) is 0.524. The van der Waals surface area contributed by atoms with Crippen LogP contribution in [0.2, 0.25) is 0 Å². The summed E-state index contributed by atoms with van der Waals surface area (Å²) in [6.45, 7) is 5.79. The van der Waals surface area contributed by atoms with E-state index in [1.807, 2.05) is 43.5 Å². The van der Waals surface area contributed by atoms with Gasteiger partial charge in [-0.25, -0.2) is 14.5 Å². The average Bonchev–Trinajstić information content (AvgIpc) is 3.28. The van der Waals surface area contributed by atoms with Gasteiger partial charge in [0.25, 0.3) is 0 Å². The standard InChI is InChI=1S/C19H21N7/c1-3-8-20-11-16-24-18(14-7-9-26-17(10-14)21-12-22-26)19(25-16)15-6-4-5-13(2)23-15/h4-7,9-10,12,20H,3,8,11H2,1-2H3,(H,24,25). The molecule has 0 atom stereocenters. The molecule has 0 fully saturated rings. The van der Waals surface area contributed by atoms with E-state index in [9.17, 15) is 0 Å². The maximum atomic E-state index is 4.83. The normalized spacial score (nSPS) is 11.3. The number of fused-ring (bicyclic) bond motifs is 1.